The highest BCUT2D eigenvalue weighted by molar-refractivity contribution is 6.46. The monoisotopic (exact) mass is 512 g/mol. The van der Waals surface area contributed by atoms with Crippen LogP contribution in [0.4, 0.5) is 0 Å². The second-order valence-corrected chi connectivity index (χ2v) is 9.86. The molecular formula is C31H32N2O5. The molecule has 7 nitrogen and oxygen atoms in total. The van der Waals surface area contributed by atoms with Gasteiger partial charge in [0.05, 0.1) is 18.2 Å². The molecule has 1 aromatic heterocycles. The number of hydrogen-bond acceptors (Lipinski definition) is 6. The third-order valence-electron chi connectivity index (χ3n) is 7.02. The van der Waals surface area contributed by atoms with E-state index < -0.39 is 17.7 Å². The number of fused-ring (bicyclic) bond motifs is 1. The SMILES string of the molecule is CCCCCOc1ccc(C2/C(=C(\O)c3ccc4c(c3)CC(C)O4)C(=O)C(=O)N2Cc2ccncc2)cc1. The van der Waals surface area contributed by atoms with E-state index in [9.17, 15) is 14.7 Å². The van der Waals surface area contributed by atoms with Crippen LogP contribution in [0.15, 0.2) is 72.6 Å². The van der Waals surface area contributed by atoms with Gasteiger partial charge in [0.1, 0.15) is 23.4 Å². The Morgan fingerprint density at radius 1 is 1.08 bits per heavy atom. The predicted molar refractivity (Wildman–Crippen MR) is 144 cm³/mol. The number of unbranched alkanes of at least 4 members (excludes halogenated alkanes) is 2. The fourth-order valence-electron chi connectivity index (χ4n) is 5.09. The summed E-state index contributed by atoms with van der Waals surface area (Å²) in [7, 11) is 0. The van der Waals surface area contributed by atoms with E-state index >= 15 is 0 Å². The number of aliphatic hydroxyl groups is 1. The van der Waals surface area contributed by atoms with Crippen molar-refractivity contribution in [1.82, 2.24) is 9.88 Å². The summed E-state index contributed by atoms with van der Waals surface area (Å²) in [5.41, 5.74) is 3.09. The lowest BCUT2D eigenvalue weighted by atomic mass is 9.94. The van der Waals surface area contributed by atoms with Gasteiger partial charge in [0, 0.05) is 30.9 Å². The van der Waals surface area contributed by atoms with Crippen LogP contribution in [0, 0.1) is 0 Å². The number of carbonyl (C=O) groups excluding carboxylic acids is 2. The molecule has 1 saturated heterocycles. The maximum absolute atomic E-state index is 13.4. The fraction of sp³-hybridized carbons (Fsp3) is 0.323. The van der Waals surface area contributed by atoms with Gasteiger partial charge in [0.2, 0.25) is 0 Å². The minimum atomic E-state index is -0.749. The van der Waals surface area contributed by atoms with Gasteiger partial charge in [-0.1, -0.05) is 31.9 Å². The molecule has 196 valence electrons. The van der Waals surface area contributed by atoms with Crippen molar-refractivity contribution < 1.29 is 24.2 Å². The number of pyridine rings is 1. The Balaban J connectivity index is 1.52. The minimum absolute atomic E-state index is 0.0519. The molecule has 2 aromatic carbocycles. The van der Waals surface area contributed by atoms with Gasteiger partial charge < -0.3 is 19.5 Å². The van der Waals surface area contributed by atoms with E-state index in [-0.39, 0.29) is 24.0 Å². The highest BCUT2D eigenvalue weighted by Gasteiger charge is 2.46. The molecule has 0 saturated carbocycles. The van der Waals surface area contributed by atoms with E-state index in [1.165, 1.54) is 4.90 Å². The van der Waals surface area contributed by atoms with Crippen molar-refractivity contribution in [2.75, 3.05) is 6.61 Å². The van der Waals surface area contributed by atoms with Crippen molar-refractivity contribution in [3.8, 4) is 11.5 Å². The number of hydrogen-bond donors (Lipinski definition) is 1. The van der Waals surface area contributed by atoms with E-state index in [0.717, 1.165) is 53.9 Å². The summed E-state index contributed by atoms with van der Waals surface area (Å²) < 4.78 is 11.6. The topological polar surface area (TPSA) is 89.0 Å². The van der Waals surface area contributed by atoms with Crippen LogP contribution < -0.4 is 9.47 Å². The average Bonchev–Trinajstić information content (AvgIpc) is 3.43. The van der Waals surface area contributed by atoms with Gasteiger partial charge in [0.15, 0.2) is 0 Å². The smallest absolute Gasteiger partial charge is 0.295 e. The minimum Gasteiger partial charge on any atom is -0.507 e. The normalized spacial score (nSPS) is 19.9. The lowest BCUT2D eigenvalue weighted by Gasteiger charge is -2.25. The van der Waals surface area contributed by atoms with Crippen molar-refractivity contribution in [1.29, 1.82) is 0 Å². The number of ether oxygens (including phenoxy) is 2. The van der Waals surface area contributed by atoms with Gasteiger partial charge in [-0.15, -0.1) is 0 Å². The van der Waals surface area contributed by atoms with Crippen molar-refractivity contribution in [3.63, 3.8) is 0 Å². The van der Waals surface area contributed by atoms with E-state index in [1.54, 1.807) is 24.5 Å². The van der Waals surface area contributed by atoms with Crippen molar-refractivity contribution in [2.24, 2.45) is 0 Å². The van der Waals surface area contributed by atoms with Crippen LogP contribution in [-0.2, 0) is 22.6 Å². The average molecular weight is 513 g/mol. The molecule has 2 atom stereocenters. The van der Waals surface area contributed by atoms with Crippen LogP contribution in [0.2, 0.25) is 0 Å². The highest BCUT2D eigenvalue weighted by Crippen LogP contribution is 2.41. The standard InChI is InChI=1S/C31H32N2O5/c1-3-4-5-16-37-25-9-6-22(7-10-25)28-27(29(34)23-8-11-26-24(18-23)17-20(2)38-26)30(35)31(36)33(28)19-21-12-14-32-15-13-21/h6-15,18,20,28,34H,3-5,16-17,19H2,1-2H3/b29-27+. The van der Waals surface area contributed by atoms with Crippen molar-refractivity contribution >= 4 is 17.4 Å². The van der Waals surface area contributed by atoms with Crippen LogP contribution in [0.5, 0.6) is 11.5 Å². The molecule has 3 aromatic rings. The van der Waals surface area contributed by atoms with Crippen LogP contribution in [0.3, 0.4) is 0 Å². The van der Waals surface area contributed by atoms with Crippen LogP contribution in [-0.4, -0.2) is 39.4 Å². The summed E-state index contributed by atoms with van der Waals surface area (Å²) in [6, 6.07) is 15.7. The van der Waals surface area contributed by atoms with Gasteiger partial charge in [-0.2, -0.15) is 0 Å². The molecule has 3 heterocycles. The van der Waals surface area contributed by atoms with E-state index in [4.69, 9.17) is 9.47 Å². The maximum Gasteiger partial charge on any atom is 0.295 e. The number of carbonyl (C=O) groups is 2. The zero-order chi connectivity index (χ0) is 26.6. The molecule has 38 heavy (non-hydrogen) atoms. The number of ketones is 1. The van der Waals surface area contributed by atoms with Crippen LogP contribution in [0.25, 0.3) is 5.76 Å². The number of amides is 1. The third-order valence-corrected chi connectivity index (χ3v) is 7.02. The first-order valence-electron chi connectivity index (χ1n) is 13.2. The lowest BCUT2D eigenvalue weighted by molar-refractivity contribution is -0.140. The zero-order valence-corrected chi connectivity index (χ0v) is 21.7. The molecule has 1 fully saturated rings. The molecule has 2 aliphatic rings. The summed E-state index contributed by atoms with van der Waals surface area (Å²) in [5, 5.41) is 11.4. The summed E-state index contributed by atoms with van der Waals surface area (Å²) in [4.78, 5) is 32.3. The quantitative estimate of drug-likeness (QED) is 0.174. The van der Waals surface area contributed by atoms with Gasteiger partial charge >= 0.3 is 0 Å². The highest BCUT2D eigenvalue weighted by atomic mass is 16.5. The first-order valence-corrected chi connectivity index (χ1v) is 13.2. The Bertz CT molecular complexity index is 1350. The molecule has 7 heteroatoms. The number of Topliss-reactive ketones (excluding diaryl/α,β-unsaturated/α-hetero) is 1. The summed E-state index contributed by atoms with van der Waals surface area (Å²) >= 11 is 0. The number of aromatic nitrogens is 1. The second kappa shape index (κ2) is 11.1. The molecule has 2 aliphatic heterocycles. The largest absolute Gasteiger partial charge is 0.507 e. The summed E-state index contributed by atoms with van der Waals surface area (Å²) in [5.74, 6) is -0.0345. The van der Waals surface area contributed by atoms with Crippen LogP contribution in [0.1, 0.15) is 61.4 Å². The Hall–Kier alpha value is -4.13. The van der Waals surface area contributed by atoms with E-state index in [1.807, 2.05) is 49.4 Å². The number of rotatable bonds is 9. The molecule has 0 spiro atoms. The molecule has 1 amide bonds. The first kappa shape index (κ1) is 25.5. The molecule has 1 N–H and O–H groups in total. The van der Waals surface area contributed by atoms with Gasteiger partial charge in [0.25, 0.3) is 11.7 Å². The first-order chi connectivity index (χ1) is 18.5. The van der Waals surface area contributed by atoms with E-state index in [2.05, 4.69) is 11.9 Å². The molecule has 0 aliphatic carbocycles. The Morgan fingerprint density at radius 3 is 2.58 bits per heavy atom. The van der Waals surface area contributed by atoms with Crippen LogP contribution >= 0.6 is 0 Å². The molecule has 0 radical (unpaired) electrons. The van der Waals surface area contributed by atoms with Gasteiger partial charge in [-0.05, 0) is 72.5 Å². The molecule has 5 rings (SSSR count). The Morgan fingerprint density at radius 2 is 1.84 bits per heavy atom. The van der Waals surface area contributed by atoms with Crippen molar-refractivity contribution in [2.45, 2.75) is 58.2 Å². The number of nitrogens with zero attached hydrogens (tertiary/aromatic N) is 2. The summed E-state index contributed by atoms with van der Waals surface area (Å²) in [6.07, 6.45) is 7.28. The van der Waals surface area contributed by atoms with Crippen molar-refractivity contribution in [3.05, 3.63) is 94.8 Å². The second-order valence-electron chi connectivity index (χ2n) is 9.86. The molecule has 0 bridgehead atoms. The van der Waals surface area contributed by atoms with Gasteiger partial charge in [-0.3, -0.25) is 14.6 Å². The van der Waals surface area contributed by atoms with E-state index in [0.29, 0.717) is 12.2 Å². The third kappa shape index (κ3) is 5.14. The van der Waals surface area contributed by atoms with Gasteiger partial charge in [-0.25, -0.2) is 0 Å². The summed E-state index contributed by atoms with van der Waals surface area (Å²) in [6.45, 7) is 4.98. The fourth-order valence-corrected chi connectivity index (χ4v) is 5.09. The maximum atomic E-state index is 13.4. The molecule has 2 unspecified atom stereocenters. The predicted octanol–water partition coefficient (Wildman–Crippen LogP) is 5.60. The molecular weight excluding hydrogens is 480 g/mol. The Kier molecular flexibility index (Phi) is 7.45. The lowest BCUT2D eigenvalue weighted by Crippen LogP contribution is -2.29. The number of benzene rings is 2. The number of likely N-dealkylation sites (tertiary alicyclic amines) is 1. The number of aliphatic hydroxyl groups excluding tert-OH is 1. The zero-order valence-electron chi connectivity index (χ0n) is 21.7. The Labute approximate surface area is 222 Å².